The summed E-state index contributed by atoms with van der Waals surface area (Å²) in [6.07, 6.45) is 12.6. The van der Waals surface area contributed by atoms with Crippen LogP contribution in [0.3, 0.4) is 0 Å². The average Bonchev–Trinajstić information content (AvgIpc) is 3.30. The molecular formula is C35H44IrN3-. The smallest absolute Gasteiger partial charge is 0.137 e. The van der Waals surface area contributed by atoms with Crippen LogP contribution in [-0.4, -0.2) is 14.8 Å². The molecule has 4 heteroatoms. The Morgan fingerprint density at radius 2 is 1.31 bits per heavy atom. The maximum Gasteiger partial charge on any atom is 0.137 e. The van der Waals surface area contributed by atoms with Gasteiger partial charge < -0.3 is 0 Å². The maximum atomic E-state index is 4.85. The Balaban J connectivity index is 0.00000420. The third-order valence-electron chi connectivity index (χ3n) is 7.44. The van der Waals surface area contributed by atoms with Crippen LogP contribution in [0.15, 0.2) is 54.6 Å². The molecule has 0 aliphatic heterocycles. The van der Waals surface area contributed by atoms with Gasteiger partial charge in [-0.1, -0.05) is 88.8 Å². The number of hydrogen-bond donors (Lipinski definition) is 0. The number of benzene rings is 3. The van der Waals surface area contributed by atoms with E-state index in [2.05, 4.69) is 82.3 Å². The topological polar surface area (TPSA) is 30.7 Å². The summed E-state index contributed by atoms with van der Waals surface area (Å²) in [6.45, 7) is 10.9. The second kappa shape index (κ2) is 15.3. The molecule has 0 spiro atoms. The van der Waals surface area contributed by atoms with Crippen molar-refractivity contribution in [1.82, 2.24) is 14.8 Å². The molecule has 1 aromatic heterocycles. The van der Waals surface area contributed by atoms with Gasteiger partial charge in [0.05, 0.1) is 11.5 Å². The van der Waals surface area contributed by atoms with Crippen molar-refractivity contribution in [2.24, 2.45) is 0 Å². The van der Waals surface area contributed by atoms with E-state index < -0.39 is 0 Å². The van der Waals surface area contributed by atoms with Crippen molar-refractivity contribution in [3.63, 3.8) is 0 Å². The third kappa shape index (κ3) is 8.22. The molecule has 3 aromatic carbocycles. The number of aromatic nitrogens is 3. The quantitative estimate of drug-likeness (QED) is 0.103. The molecule has 0 atom stereocenters. The second-order valence-electron chi connectivity index (χ2n) is 10.8. The Bertz CT molecular complexity index is 1300. The van der Waals surface area contributed by atoms with E-state index in [1.807, 2.05) is 17.7 Å². The largest absolute Gasteiger partial charge is 0.262 e. The third-order valence-corrected chi connectivity index (χ3v) is 7.44. The van der Waals surface area contributed by atoms with Crippen molar-refractivity contribution in [3.05, 3.63) is 88.7 Å². The van der Waals surface area contributed by atoms with Gasteiger partial charge in [-0.2, -0.15) is 5.10 Å². The van der Waals surface area contributed by atoms with Crippen LogP contribution in [-0.2, 0) is 32.9 Å². The van der Waals surface area contributed by atoms with Crippen molar-refractivity contribution < 1.29 is 20.1 Å². The van der Waals surface area contributed by atoms with Crippen molar-refractivity contribution >= 4 is 0 Å². The Morgan fingerprint density at radius 1 is 0.692 bits per heavy atom. The van der Waals surface area contributed by atoms with Crippen molar-refractivity contribution in [3.8, 4) is 28.2 Å². The zero-order chi connectivity index (χ0) is 26.9. The Kier molecular flexibility index (Phi) is 12.1. The van der Waals surface area contributed by atoms with E-state index in [0.717, 1.165) is 35.7 Å². The molecule has 1 heterocycles. The first-order valence-corrected chi connectivity index (χ1v) is 14.7. The number of rotatable bonds is 13. The predicted molar refractivity (Wildman–Crippen MR) is 161 cm³/mol. The fourth-order valence-corrected chi connectivity index (χ4v) is 5.42. The van der Waals surface area contributed by atoms with Crippen LogP contribution >= 0.6 is 0 Å². The van der Waals surface area contributed by atoms with Crippen LogP contribution in [0.1, 0.15) is 93.3 Å². The monoisotopic (exact) mass is 699 g/mol. The molecule has 0 aliphatic carbocycles. The molecular weight excluding hydrogens is 655 g/mol. The van der Waals surface area contributed by atoms with Crippen molar-refractivity contribution in [2.45, 2.75) is 98.8 Å². The minimum Gasteiger partial charge on any atom is -0.262 e. The van der Waals surface area contributed by atoms with Crippen LogP contribution in [0.2, 0.25) is 0 Å². The molecule has 0 aliphatic rings. The fourth-order valence-electron chi connectivity index (χ4n) is 5.42. The molecule has 39 heavy (non-hydrogen) atoms. The minimum absolute atomic E-state index is 0. The molecule has 0 saturated heterocycles. The summed E-state index contributed by atoms with van der Waals surface area (Å²) in [6, 6.07) is 23.5. The van der Waals surface area contributed by atoms with Crippen LogP contribution < -0.4 is 0 Å². The Hall–Kier alpha value is -2.55. The summed E-state index contributed by atoms with van der Waals surface area (Å²) in [7, 11) is 0. The summed E-state index contributed by atoms with van der Waals surface area (Å²) in [4.78, 5) is 4.85. The van der Waals surface area contributed by atoms with Gasteiger partial charge in [-0.05, 0) is 74.3 Å². The average molecular weight is 699 g/mol. The SMILES string of the molecule is CCCCCCc1ccc(-c2cc[c-]c(-c3nc(C)nn3-c3c(C)cc(CCCCCC)cc3C)c2)cc1.[Ir]. The van der Waals surface area contributed by atoms with E-state index in [0.29, 0.717) is 0 Å². The summed E-state index contributed by atoms with van der Waals surface area (Å²) in [5.74, 6) is 1.62. The molecule has 4 aromatic rings. The fraction of sp³-hybridized carbons (Fsp3) is 0.429. The maximum absolute atomic E-state index is 4.85. The number of aryl methyl sites for hydroxylation is 5. The van der Waals surface area contributed by atoms with Gasteiger partial charge in [-0.25, -0.2) is 0 Å². The molecule has 0 bridgehead atoms. The molecule has 0 fully saturated rings. The van der Waals surface area contributed by atoms with Crippen LogP contribution in [0.25, 0.3) is 28.2 Å². The standard InChI is InChI=1S/C35H44N3.Ir/c1-6-8-10-12-15-29-19-21-31(22-20-29)32-17-14-18-33(25-32)35-36-28(5)37-38(35)34-26(3)23-30(24-27(34)4)16-13-11-9-7-2;/h14,17,19-25H,6-13,15-16H2,1-5H3;/q-1;. The Labute approximate surface area is 249 Å². The molecule has 0 unspecified atom stereocenters. The summed E-state index contributed by atoms with van der Waals surface area (Å²) >= 11 is 0. The van der Waals surface area contributed by atoms with Gasteiger partial charge in [-0.3, -0.25) is 9.67 Å². The van der Waals surface area contributed by atoms with Gasteiger partial charge in [0.25, 0.3) is 0 Å². The Morgan fingerprint density at radius 3 is 1.92 bits per heavy atom. The molecule has 0 amide bonds. The van der Waals surface area contributed by atoms with Gasteiger partial charge in [0.1, 0.15) is 5.82 Å². The molecule has 4 rings (SSSR count). The summed E-state index contributed by atoms with van der Waals surface area (Å²) in [5, 5.41) is 4.84. The van der Waals surface area contributed by atoms with Crippen molar-refractivity contribution in [1.29, 1.82) is 0 Å². The van der Waals surface area contributed by atoms with Crippen LogP contribution in [0, 0.1) is 26.8 Å². The molecule has 3 nitrogen and oxygen atoms in total. The first-order chi connectivity index (χ1) is 18.5. The van der Waals surface area contributed by atoms with E-state index >= 15 is 0 Å². The van der Waals surface area contributed by atoms with E-state index in [1.54, 1.807) is 0 Å². The van der Waals surface area contributed by atoms with Gasteiger partial charge in [0.2, 0.25) is 0 Å². The number of hydrogen-bond acceptors (Lipinski definition) is 2. The zero-order valence-electron chi connectivity index (χ0n) is 24.4. The first-order valence-electron chi connectivity index (χ1n) is 14.7. The summed E-state index contributed by atoms with van der Waals surface area (Å²) in [5.41, 5.74) is 9.82. The molecule has 0 N–H and O–H groups in total. The van der Waals surface area contributed by atoms with Gasteiger partial charge in [-0.15, -0.1) is 35.4 Å². The minimum atomic E-state index is 0. The van der Waals surface area contributed by atoms with Crippen LogP contribution in [0.4, 0.5) is 0 Å². The number of nitrogens with zero attached hydrogens (tertiary/aromatic N) is 3. The normalized spacial score (nSPS) is 11.0. The van der Waals surface area contributed by atoms with Gasteiger partial charge >= 0.3 is 0 Å². The van der Waals surface area contributed by atoms with Gasteiger partial charge in [0.15, 0.2) is 0 Å². The van der Waals surface area contributed by atoms with E-state index in [-0.39, 0.29) is 20.1 Å². The molecule has 209 valence electrons. The van der Waals surface area contributed by atoms with E-state index in [4.69, 9.17) is 10.1 Å². The molecule has 1 radical (unpaired) electrons. The molecule has 0 saturated carbocycles. The van der Waals surface area contributed by atoms with Crippen LogP contribution in [0.5, 0.6) is 0 Å². The summed E-state index contributed by atoms with van der Waals surface area (Å²) < 4.78 is 2.02. The first kappa shape index (κ1) is 31.0. The van der Waals surface area contributed by atoms with E-state index in [9.17, 15) is 0 Å². The second-order valence-corrected chi connectivity index (χ2v) is 10.8. The number of unbranched alkanes of at least 4 members (excludes halogenated alkanes) is 6. The van der Waals surface area contributed by atoms with Gasteiger partial charge in [0, 0.05) is 20.1 Å². The zero-order valence-corrected chi connectivity index (χ0v) is 26.8. The van der Waals surface area contributed by atoms with Crippen molar-refractivity contribution in [2.75, 3.05) is 0 Å². The predicted octanol–water partition coefficient (Wildman–Crippen LogP) is 9.57. The van der Waals surface area contributed by atoms with E-state index in [1.165, 1.54) is 84.7 Å².